The van der Waals surface area contributed by atoms with Crippen molar-refractivity contribution in [1.82, 2.24) is 0 Å². The van der Waals surface area contributed by atoms with Crippen LogP contribution < -0.4 is 4.74 Å². The van der Waals surface area contributed by atoms with E-state index in [-0.39, 0.29) is 11.7 Å². The normalized spacial score (nSPS) is 12.6. The highest BCUT2D eigenvalue weighted by Crippen LogP contribution is 2.30. The van der Waals surface area contributed by atoms with Crippen LogP contribution in [0.1, 0.15) is 38.7 Å². The maximum atomic E-state index is 11.3. The Balaban J connectivity index is 2.95. The van der Waals surface area contributed by atoms with Crippen LogP contribution >= 0.6 is 0 Å². The van der Waals surface area contributed by atoms with Crippen LogP contribution in [0, 0.1) is 5.92 Å². The maximum Gasteiger partial charge on any atom is 0.130 e. The summed E-state index contributed by atoms with van der Waals surface area (Å²) in [6, 6.07) is 7.99. The van der Waals surface area contributed by atoms with E-state index in [4.69, 9.17) is 4.74 Å². The zero-order valence-corrected chi connectivity index (χ0v) is 10.5. The second-order valence-electron chi connectivity index (χ2n) is 4.53. The van der Waals surface area contributed by atoms with Crippen molar-refractivity contribution >= 4 is 5.78 Å². The molecule has 0 aromatic heterocycles. The van der Waals surface area contributed by atoms with Crippen molar-refractivity contribution in [3.05, 3.63) is 29.8 Å². The molecule has 0 saturated heterocycles. The van der Waals surface area contributed by atoms with Gasteiger partial charge in [-0.1, -0.05) is 26.0 Å². The molecule has 0 amide bonds. The number of benzene rings is 1. The van der Waals surface area contributed by atoms with Gasteiger partial charge in [-0.25, -0.2) is 0 Å². The predicted molar refractivity (Wildman–Crippen MR) is 65.9 cm³/mol. The Labute approximate surface area is 97.6 Å². The van der Waals surface area contributed by atoms with Crippen molar-refractivity contribution in [1.29, 1.82) is 0 Å². The second-order valence-corrected chi connectivity index (χ2v) is 4.53. The Bertz CT molecular complexity index is 356. The fourth-order valence-electron chi connectivity index (χ4n) is 1.92. The number of ketones is 1. The number of rotatable bonds is 5. The van der Waals surface area contributed by atoms with E-state index in [0.29, 0.717) is 12.3 Å². The molecule has 0 saturated carbocycles. The molecular formula is C14H20O2. The van der Waals surface area contributed by atoms with Crippen molar-refractivity contribution in [3.8, 4) is 5.75 Å². The molecule has 1 atom stereocenters. The Morgan fingerprint density at radius 2 is 2.06 bits per heavy atom. The molecule has 0 N–H and O–H groups in total. The van der Waals surface area contributed by atoms with Gasteiger partial charge in [0.15, 0.2) is 0 Å². The van der Waals surface area contributed by atoms with Gasteiger partial charge >= 0.3 is 0 Å². The van der Waals surface area contributed by atoms with Crippen LogP contribution in [0.2, 0.25) is 0 Å². The Kier molecular flexibility index (Phi) is 4.53. The molecule has 0 aliphatic rings. The van der Waals surface area contributed by atoms with Crippen molar-refractivity contribution in [2.75, 3.05) is 7.11 Å². The number of ether oxygens (including phenoxy) is 1. The molecule has 2 heteroatoms. The highest BCUT2D eigenvalue weighted by Gasteiger charge is 2.18. The van der Waals surface area contributed by atoms with Gasteiger partial charge in [-0.2, -0.15) is 0 Å². The number of hydrogen-bond acceptors (Lipinski definition) is 2. The summed E-state index contributed by atoms with van der Waals surface area (Å²) >= 11 is 0. The molecule has 0 radical (unpaired) electrons. The quantitative estimate of drug-likeness (QED) is 0.760. The molecular weight excluding hydrogens is 200 g/mol. The van der Waals surface area contributed by atoms with Crippen LogP contribution in [-0.4, -0.2) is 12.9 Å². The van der Waals surface area contributed by atoms with Crippen LogP contribution in [0.15, 0.2) is 24.3 Å². The molecule has 0 spiro atoms. The van der Waals surface area contributed by atoms with E-state index in [9.17, 15) is 4.79 Å². The minimum absolute atomic E-state index is 0.238. The Morgan fingerprint density at radius 1 is 1.38 bits per heavy atom. The van der Waals surface area contributed by atoms with Gasteiger partial charge in [0, 0.05) is 6.42 Å². The fraction of sp³-hybridized carbons (Fsp3) is 0.500. The first-order valence-corrected chi connectivity index (χ1v) is 5.68. The first-order valence-electron chi connectivity index (χ1n) is 5.68. The third kappa shape index (κ3) is 3.37. The van der Waals surface area contributed by atoms with Gasteiger partial charge in [0.25, 0.3) is 0 Å². The van der Waals surface area contributed by atoms with Crippen LogP contribution in [0.5, 0.6) is 5.75 Å². The van der Waals surface area contributed by atoms with Crippen molar-refractivity contribution in [2.24, 2.45) is 5.92 Å². The monoisotopic (exact) mass is 220 g/mol. The van der Waals surface area contributed by atoms with E-state index in [0.717, 1.165) is 5.75 Å². The van der Waals surface area contributed by atoms with Crippen molar-refractivity contribution in [3.63, 3.8) is 0 Å². The lowest BCUT2D eigenvalue weighted by Crippen LogP contribution is -2.10. The highest BCUT2D eigenvalue weighted by molar-refractivity contribution is 5.76. The molecule has 0 bridgehead atoms. The maximum absolute atomic E-state index is 11.3. The lowest BCUT2D eigenvalue weighted by molar-refractivity contribution is -0.117. The van der Waals surface area contributed by atoms with Gasteiger partial charge in [0.1, 0.15) is 11.5 Å². The van der Waals surface area contributed by atoms with E-state index in [1.807, 2.05) is 18.2 Å². The number of carbonyl (C=O) groups is 1. The van der Waals surface area contributed by atoms with Gasteiger partial charge in [-0.05, 0) is 36.5 Å². The van der Waals surface area contributed by atoms with Crippen LogP contribution in [0.25, 0.3) is 0 Å². The molecule has 0 heterocycles. The molecule has 16 heavy (non-hydrogen) atoms. The second kappa shape index (κ2) is 5.69. The van der Waals surface area contributed by atoms with Gasteiger partial charge in [0.05, 0.1) is 7.11 Å². The van der Waals surface area contributed by atoms with Crippen molar-refractivity contribution < 1.29 is 9.53 Å². The fourth-order valence-corrected chi connectivity index (χ4v) is 1.92. The molecule has 1 rings (SSSR count). The zero-order chi connectivity index (χ0) is 12.1. The molecule has 1 aromatic rings. The third-order valence-electron chi connectivity index (χ3n) is 2.83. The molecule has 0 fully saturated rings. The molecule has 1 aromatic carbocycles. The standard InChI is InChI=1S/C14H20O2/c1-10(2)14(8-11(3)15)12-6-5-7-13(9-12)16-4/h5-7,9-10,14H,8H2,1-4H3. The van der Waals surface area contributed by atoms with Crippen molar-refractivity contribution in [2.45, 2.75) is 33.1 Å². The van der Waals surface area contributed by atoms with Gasteiger partial charge in [-0.3, -0.25) is 0 Å². The van der Waals surface area contributed by atoms with Crippen LogP contribution in [0.4, 0.5) is 0 Å². The summed E-state index contributed by atoms with van der Waals surface area (Å²) < 4.78 is 5.20. The molecule has 0 aliphatic heterocycles. The van der Waals surface area contributed by atoms with Crippen LogP contribution in [0.3, 0.4) is 0 Å². The summed E-state index contributed by atoms with van der Waals surface area (Å²) in [6.45, 7) is 5.94. The van der Waals surface area contributed by atoms with Gasteiger partial charge < -0.3 is 9.53 Å². The zero-order valence-electron chi connectivity index (χ0n) is 10.5. The lowest BCUT2D eigenvalue weighted by Gasteiger charge is -2.20. The highest BCUT2D eigenvalue weighted by atomic mass is 16.5. The number of Topliss-reactive ketones (excluding diaryl/α,β-unsaturated/α-hetero) is 1. The average molecular weight is 220 g/mol. The Morgan fingerprint density at radius 3 is 2.56 bits per heavy atom. The summed E-state index contributed by atoms with van der Waals surface area (Å²) in [5.74, 6) is 1.83. The van der Waals surface area contributed by atoms with E-state index in [1.54, 1.807) is 14.0 Å². The minimum Gasteiger partial charge on any atom is -0.497 e. The SMILES string of the molecule is COc1cccc(C(CC(C)=O)C(C)C)c1. The minimum atomic E-state index is 0.238. The van der Waals surface area contributed by atoms with Crippen LogP contribution in [-0.2, 0) is 4.79 Å². The lowest BCUT2D eigenvalue weighted by atomic mass is 9.84. The summed E-state index contributed by atoms with van der Waals surface area (Å²) in [5, 5.41) is 0. The van der Waals surface area contributed by atoms with E-state index in [1.165, 1.54) is 5.56 Å². The first kappa shape index (κ1) is 12.8. The first-order chi connectivity index (χ1) is 7.54. The Hall–Kier alpha value is -1.31. The number of carbonyl (C=O) groups excluding carboxylic acids is 1. The summed E-state index contributed by atoms with van der Waals surface area (Å²) in [4.78, 5) is 11.3. The summed E-state index contributed by atoms with van der Waals surface area (Å²) in [7, 11) is 1.66. The summed E-state index contributed by atoms with van der Waals surface area (Å²) in [5.41, 5.74) is 1.18. The predicted octanol–water partition coefficient (Wildman–Crippen LogP) is 3.41. The topological polar surface area (TPSA) is 26.3 Å². The molecule has 1 unspecified atom stereocenters. The smallest absolute Gasteiger partial charge is 0.130 e. The number of methoxy groups -OCH3 is 1. The molecule has 88 valence electrons. The molecule has 0 aliphatic carbocycles. The van der Waals surface area contributed by atoms with Gasteiger partial charge in [0.2, 0.25) is 0 Å². The van der Waals surface area contributed by atoms with Gasteiger partial charge in [-0.15, -0.1) is 0 Å². The van der Waals surface area contributed by atoms with E-state index in [2.05, 4.69) is 19.9 Å². The molecule has 2 nitrogen and oxygen atoms in total. The average Bonchev–Trinajstić information content (AvgIpc) is 2.25. The van der Waals surface area contributed by atoms with E-state index < -0.39 is 0 Å². The number of hydrogen-bond donors (Lipinski definition) is 0. The van der Waals surface area contributed by atoms with E-state index >= 15 is 0 Å². The third-order valence-corrected chi connectivity index (χ3v) is 2.83. The summed E-state index contributed by atoms with van der Waals surface area (Å²) in [6.07, 6.45) is 0.602. The largest absolute Gasteiger partial charge is 0.497 e.